The third kappa shape index (κ3) is 1.52. The van der Waals surface area contributed by atoms with Gasteiger partial charge in [0.15, 0.2) is 5.84 Å². The number of hydrogen-bond acceptors (Lipinski definition) is 2. The molecule has 84 valence electrons. The summed E-state index contributed by atoms with van der Waals surface area (Å²) >= 11 is 0. The molecule has 0 saturated carbocycles. The summed E-state index contributed by atoms with van der Waals surface area (Å²) in [6, 6.07) is 7.94. The molecule has 0 aliphatic heterocycles. The number of aromatic nitrogens is 1. The van der Waals surface area contributed by atoms with E-state index in [1.165, 1.54) is 10.9 Å². The Balaban J connectivity index is 2.61. The first-order chi connectivity index (χ1) is 7.65. The van der Waals surface area contributed by atoms with Crippen molar-refractivity contribution >= 4 is 16.7 Å². The third-order valence-corrected chi connectivity index (χ3v) is 2.90. The topological polar surface area (TPSA) is 63.5 Å². The van der Waals surface area contributed by atoms with Gasteiger partial charge in [-0.1, -0.05) is 23.4 Å². The Hall–Kier alpha value is -1.97. The Morgan fingerprint density at radius 1 is 1.44 bits per heavy atom. The molecular weight excluding hydrogens is 202 g/mol. The number of nitrogens with zero attached hydrogens (tertiary/aromatic N) is 2. The number of para-hydroxylation sites is 1. The van der Waals surface area contributed by atoms with Gasteiger partial charge in [-0.15, -0.1) is 0 Å². The lowest BCUT2D eigenvalue weighted by molar-refractivity contribution is 0.314. The van der Waals surface area contributed by atoms with Crippen LogP contribution in [0.15, 0.2) is 35.6 Å². The molecule has 0 saturated heterocycles. The quantitative estimate of drug-likeness (QED) is 0.351. The maximum atomic E-state index is 8.70. The normalized spacial score (nSPS) is 14.2. The molecule has 0 unspecified atom stereocenters. The molecule has 0 spiro atoms. The van der Waals surface area contributed by atoms with E-state index < -0.39 is 0 Å². The van der Waals surface area contributed by atoms with Crippen molar-refractivity contribution in [3.05, 3.63) is 36.0 Å². The van der Waals surface area contributed by atoms with Gasteiger partial charge < -0.3 is 15.5 Å². The van der Waals surface area contributed by atoms with E-state index in [4.69, 9.17) is 10.9 Å². The molecule has 0 bridgehead atoms. The van der Waals surface area contributed by atoms with Crippen LogP contribution >= 0.6 is 0 Å². The minimum Gasteiger partial charge on any atom is -0.409 e. The number of oxime groups is 1. The highest BCUT2D eigenvalue weighted by molar-refractivity contribution is 5.88. The molecule has 4 nitrogen and oxygen atoms in total. The van der Waals surface area contributed by atoms with Crippen LogP contribution in [0.25, 0.3) is 10.9 Å². The van der Waals surface area contributed by atoms with Gasteiger partial charge in [0.25, 0.3) is 0 Å². The Morgan fingerprint density at radius 3 is 2.81 bits per heavy atom. The van der Waals surface area contributed by atoms with Crippen molar-refractivity contribution in [2.45, 2.75) is 19.9 Å². The minimum atomic E-state index is -0.149. The Labute approximate surface area is 94.0 Å². The highest BCUT2D eigenvalue weighted by Gasteiger charge is 2.13. The van der Waals surface area contributed by atoms with Crippen LogP contribution in [0.1, 0.15) is 18.5 Å². The van der Waals surface area contributed by atoms with E-state index >= 15 is 0 Å². The van der Waals surface area contributed by atoms with Crippen molar-refractivity contribution in [2.75, 3.05) is 0 Å². The first-order valence-corrected chi connectivity index (χ1v) is 5.18. The monoisotopic (exact) mass is 217 g/mol. The zero-order valence-electron chi connectivity index (χ0n) is 9.38. The average Bonchev–Trinajstić information content (AvgIpc) is 2.65. The van der Waals surface area contributed by atoms with Gasteiger partial charge in [0.2, 0.25) is 0 Å². The summed E-state index contributed by atoms with van der Waals surface area (Å²) in [5.41, 5.74) is 7.91. The predicted molar refractivity (Wildman–Crippen MR) is 64.8 cm³/mol. The molecule has 1 heterocycles. The summed E-state index contributed by atoms with van der Waals surface area (Å²) in [6.45, 7) is 3.96. The Morgan fingerprint density at radius 2 is 2.12 bits per heavy atom. The molecule has 0 aliphatic rings. The van der Waals surface area contributed by atoms with Crippen LogP contribution in [0, 0.1) is 6.92 Å². The number of rotatable bonds is 2. The standard InChI is InChI=1S/C12H15N3O/c1-8-7-15(9(2)12(13)14-16)11-6-4-3-5-10(8)11/h3-7,9,16H,1-2H3,(H2,13,14)/t9-/m0/s1. The molecular formula is C12H15N3O. The lowest BCUT2D eigenvalue weighted by Crippen LogP contribution is -2.23. The molecule has 1 atom stereocenters. The first kappa shape index (κ1) is 10.5. The number of aryl methyl sites for hydroxylation is 1. The number of hydrogen-bond donors (Lipinski definition) is 2. The highest BCUT2D eigenvalue weighted by atomic mass is 16.4. The zero-order chi connectivity index (χ0) is 11.7. The Bertz CT molecular complexity index is 542. The molecule has 4 heteroatoms. The fourth-order valence-corrected chi connectivity index (χ4v) is 1.93. The van der Waals surface area contributed by atoms with Crippen LogP contribution in [0.4, 0.5) is 0 Å². The average molecular weight is 217 g/mol. The smallest absolute Gasteiger partial charge is 0.161 e. The van der Waals surface area contributed by atoms with E-state index in [-0.39, 0.29) is 11.9 Å². The predicted octanol–water partition coefficient (Wildman–Crippen LogP) is 2.26. The van der Waals surface area contributed by atoms with Gasteiger partial charge >= 0.3 is 0 Å². The summed E-state index contributed by atoms with van der Waals surface area (Å²) in [4.78, 5) is 0. The van der Waals surface area contributed by atoms with Crippen molar-refractivity contribution < 1.29 is 5.21 Å². The van der Waals surface area contributed by atoms with Gasteiger partial charge in [0, 0.05) is 17.1 Å². The molecule has 1 aromatic heterocycles. The summed E-state index contributed by atoms with van der Waals surface area (Å²) in [6.07, 6.45) is 2.02. The van der Waals surface area contributed by atoms with Crippen LogP contribution in [0.3, 0.4) is 0 Å². The van der Waals surface area contributed by atoms with Crippen molar-refractivity contribution in [1.29, 1.82) is 0 Å². The second-order valence-electron chi connectivity index (χ2n) is 3.94. The van der Waals surface area contributed by atoms with Gasteiger partial charge in [-0.3, -0.25) is 0 Å². The number of nitrogens with two attached hydrogens (primary N) is 1. The molecule has 3 N–H and O–H groups in total. The SMILES string of the molecule is Cc1cn([C@@H](C)/C(N)=N/O)c2ccccc12. The van der Waals surface area contributed by atoms with Crippen molar-refractivity contribution in [3.8, 4) is 0 Å². The second-order valence-corrected chi connectivity index (χ2v) is 3.94. The molecule has 0 fully saturated rings. The summed E-state index contributed by atoms with van der Waals surface area (Å²) < 4.78 is 2.01. The molecule has 2 aromatic rings. The van der Waals surface area contributed by atoms with E-state index in [1.54, 1.807) is 0 Å². The van der Waals surface area contributed by atoms with Crippen LogP contribution in [0.5, 0.6) is 0 Å². The van der Waals surface area contributed by atoms with Gasteiger partial charge in [0.05, 0.1) is 6.04 Å². The van der Waals surface area contributed by atoms with Crippen LogP contribution in [-0.2, 0) is 0 Å². The Kier molecular flexibility index (Phi) is 2.56. The van der Waals surface area contributed by atoms with Crippen molar-refractivity contribution in [1.82, 2.24) is 4.57 Å². The zero-order valence-corrected chi connectivity index (χ0v) is 9.38. The van der Waals surface area contributed by atoms with Gasteiger partial charge in [-0.05, 0) is 25.5 Å². The van der Waals surface area contributed by atoms with Crippen LogP contribution in [-0.4, -0.2) is 15.6 Å². The van der Waals surface area contributed by atoms with Gasteiger partial charge in [0.1, 0.15) is 0 Å². The van der Waals surface area contributed by atoms with Crippen molar-refractivity contribution in [2.24, 2.45) is 10.9 Å². The molecule has 1 aromatic carbocycles. The lowest BCUT2D eigenvalue weighted by Gasteiger charge is -2.13. The van der Waals surface area contributed by atoms with Crippen molar-refractivity contribution in [3.63, 3.8) is 0 Å². The van der Waals surface area contributed by atoms with Gasteiger partial charge in [-0.25, -0.2) is 0 Å². The number of fused-ring (bicyclic) bond motifs is 1. The van der Waals surface area contributed by atoms with Gasteiger partial charge in [-0.2, -0.15) is 0 Å². The second kappa shape index (κ2) is 3.89. The highest BCUT2D eigenvalue weighted by Crippen LogP contribution is 2.23. The molecule has 16 heavy (non-hydrogen) atoms. The maximum absolute atomic E-state index is 8.70. The van der Waals surface area contributed by atoms with Crippen LogP contribution in [0.2, 0.25) is 0 Å². The van der Waals surface area contributed by atoms with E-state index in [2.05, 4.69) is 18.1 Å². The summed E-state index contributed by atoms with van der Waals surface area (Å²) in [5.74, 6) is 0.209. The van der Waals surface area contributed by atoms with E-state index in [0.717, 1.165) is 5.52 Å². The lowest BCUT2D eigenvalue weighted by atomic mass is 10.2. The largest absolute Gasteiger partial charge is 0.409 e. The van der Waals surface area contributed by atoms with E-state index in [1.807, 2.05) is 35.9 Å². The third-order valence-electron chi connectivity index (χ3n) is 2.90. The fourth-order valence-electron chi connectivity index (χ4n) is 1.93. The summed E-state index contributed by atoms with van der Waals surface area (Å²) in [5, 5.41) is 12.9. The first-order valence-electron chi connectivity index (χ1n) is 5.18. The van der Waals surface area contributed by atoms with E-state index in [0.29, 0.717) is 0 Å². The summed E-state index contributed by atoms with van der Waals surface area (Å²) in [7, 11) is 0. The molecule has 0 aliphatic carbocycles. The van der Waals surface area contributed by atoms with E-state index in [9.17, 15) is 0 Å². The molecule has 0 radical (unpaired) electrons. The molecule has 0 amide bonds. The maximum Gasteiger partial charge on any atom is 0.161 e. The number of amidine groups is 1. The number of benzene rings is 1. The fraction of sp³-hybridized carbons (Fsp3) is 0.250. The molecule has 2 rings (SSSR count). The van der Waals surface area contributed by atoms with Crippen LogP contribution < -0.4 is 5.73 Å². The minimum absolute atomic E-state index is 0.149.